The van der Waals surface area contributed by atoms with Crippen molar-refractivity contribution in [2.45, 2.75) is 44.3 Å². The molecule has 1 saturated heterocycles. The second kappa shape index (κ2) is 4.93. The highest BCUT2D eigenvalue weighted by Gasteiger charge is 2.35. The van der Waals surface area contributed by atoms with Crippen LogP contribution in [-0.2, 0) is 11.2 Å². The lowest BCUT2D eigenvalue weighted by molar-refractivity contribution is -0.135. The van der Waals surface area contributed by atoms with Crippen LogP contribution < -0.4 is 0 Å². The van der Waals surface area contributed by atoms with Crippen LogP contribution in [0, 0.1) is 0 Å². The van der Waals surface area contributed by atoms with Gasteiger partial charge in [0.1, 0.15) is 0 Å². The van der Waals surface area contributed by atoms with Crippen LogP contribution in [0.3, 0.4) is 0 Å². The van der Waals surface area contributed by atoms with Gasteiger partial charge in [0.25, 0.3) is 0 Å². The number of pyridine rings is 1. The molecule has 1 fully saturated rings. The molecule has 1 aliphatic heterocycles. The van der Waals surface area contributed by atoms with Crippen LogP contribution in [0.2, 0.25) is 0 Å². The Balaban J connectivity index is 1.99. The molecule has 16 heavy (non-hydrogen) atoms. The molecule has 0 spiro atoms. The molecule has 0 radical (unpaired) electrons. The van der Waals surface area contributed by atoms with Gasteiger partial charge in [-0.2, -0.15) is 0 Å². The quantitative estimate of drug-likeness (QED) is 0.848. The molecule has 1 aromatic heterocycles. The zero-order valence-electron chi connectivity index (χ0n) is 9.72. The number of rotatable bonds is 3. The lowest BCUT2D eigenvalue weighted by Gasteiger charge is -2.37. The summed E-state index contributed by atoms with van der Waals surface area (Å²) in [6.07, 6.45) is 5.02. The number of hydrogen-bond acceptors (Lipinski definition) is 3. The summed E-state index contributed by atoms with van der Waals surface area (Å²) in [5.41, 5.74) is 0.529. The Morgan fingerprint density at radius 1 is 1.50 bits per heavy atom. The Hall–Kier alpha value is -0.930. The first-order valence-corrected chi connectivity index (χ1v) is 5.93. The van der Waals surface area contributed by atoms with Crippen molar-refractivity contribution in [2.24, 2.45) is 0 Å². The summed E-state index contributed by atoms with van der Waals surface area (Å²) in [4.78, 5) is 4.23. The van der Waals surface area contributed by atoms with E-state index in [4.69, 9.17) is 4.74 Å². The highest BCUT2D eigenvalue weighted by Crippen LogP contribution is 2.29. The minimum Gasteiger partial charge on any atom is -0.390 e. The third-order valence-corrected chi connectivity index (χ3v) is 3.33. The summed E-state index contributed by atoms with van der Waals surface area (Å²) in [6.45, 7) is 2.76. The van der Waals surface area contributed by atoms with E-state index in [0.29, 0.717) is 6.42 Å². The monoisotopic (exact) mass is 221 g/mol. The van der Waals surface area contributed by atoms with Crippen LogP contribution in [0.15, 0.2) is 24.4 Å². The van der Waals surface area contributed by atoms with Crippen molar-refractivity contribution in [2.75, 3.05) is 6.61 Å². The van der Waals surface area contributed by atoms with E-state index in [0.717, 1.165) is 31.6 Å². The molecule has 1 aromatic rings. The fraction of sp³-hybridized carbons (Fsp3) is 0.615. The predicted octanol–water partition coefficient (Wildman–Crippen LogP) is 1.94. The van der Waals surface area contributed by atoms with Gasteiger partial charge in [0.2, 0.25) is 0 Å². The van der Waals surface area contributed by atoms with Gasteiger partial charge >= 0.3 is 0 Å². The second-order valence-corrected chi connectivity index (χ2v) is 4.66. The summed E-state index contributed by atoms with van der Waals surface area (Å²) in [6, 6.07) is 5.77. The largest absolute Gasteiger partial charge is 0.390 e. The van der Waals surface area contributed by atoms with Gasteiger partial charge in [-0.1, -0.05) is 6.07 Å². The van der Waals surface area contributed by atoms with Crippen LogP contribution in [-0.4, -0.2) is 28.4 Å². The van der Waals surface area contributed by atoms with E-state index in [-0.39, 0.29) is 0 Å². The summed E-state index contributed by atoms with van der Waals surface area (Å²) < 4.78 is 5.72. The van der Waals surface area contributed by atoms with E-state index in [1.165, 1.54) is 0 Å². The Morgan fingerprint density at radius 2 is 2.38 bits per heavy atom. The molecule has 0 amide bonds. The number of ether oxygens (including phenoxy) is 1. The van der Waals surface area contributed by atoms with Gasteiger partial charge in [0, 0.05) is 24.9 Å². The Kier molecular flexibility index (Phi) is 3.56. The van der Waals surface area contributed by atoms with Crippen LogP contribution in [0.5, 0.6) is 0 Å². The van der Waals surface area contributed by atoms with Crippen molar-refractivity contribution in [1.29, 1.82) is 0 Å². The number of aromatic nitrogens is 1. The third-order valence-electron chi connectivity index (χ3n) is 3.33. The number of nitrogens with zero attached hydrogens (tertiary/aromatic N) is 1. The van der Waals surface area contributed by atoms with Crippen molar-refractivity contribution >= 4 is 0 Å². The van der Waals surface area contributed by atoms with Gasteiger partial charge < -0.3 is 9.84 Å². The minimum atomic E-state index is -0.470. The Labute approximate surface area is 96.5 Å². The second-order valence-electron chi connectivity index (χ2n) is 4.66. The van der Waals surface area contributed by atoms with E-state index in [2.05, 4.69) is 4.98 Å². The molecule has 1 aliphatic rings. The maximum absolute atomic E-state index is 10.2. The smallest absolute Gasteiger partial charge is 0.0916 e. The van der Waals surface area contributed by atoms with Crippen LogP contribution in [0.1, 0.15) is 31.9 Å². The maximum Gasteiger partial charge on any atom is 0.0916 e. The maximum atomic E-state index is 10.2. The molecule has 3 nitrogen and oxygen atoms in total. The van der Waals surface area contributed by atoms with E-state index in [1.54, 1.807) is 6.20 Å². The standard InChI is InChI=1S/C13H19NO2/c1-13(7-3-5-9-16-13)12(15)10-11-6-2-4-8-14-11/h2,4,6,8,12,15H,3,5,7,9-10H2,1H3. The Morgan fingerprint density at radius 3 is 3.00 bits per heavy atom. The molecule has 1 N–H and O–H groups in total. The molecule has 2 rings (SSSR count). The minimum absolute atomic E-state index is 0.393. The van der Waals surface area contributed by atoms with Gasteiger partial charge in [0.05, 0.1) is 11.7 Å². The summed E-state index contributed by atoms with van der Waals surface area (Å²) >= 11 is 0. The lowest BCUT2D eigenvalue weighted by atomic mass is 9.88. The average Bonchev–Trinajstić information content (AvgIpc) is 2.31. The number of aliphatic hydroxyl groups excluding tert-OH is 1. The normalized spacial score (nSPS) is 27.6. The third kappa shape index (κ3) is 2.60. The first kappa shape index (κ1) is 11.6. The molecule has 2 unspecified atom stereocenters. The highest BCUT2D eigenvalue weighted by molar-refractivity contribution is 5.06. The molecule has 3 heteroatoms. The van der Waals surface area contributed by atoms with Gasteiger partial charge in [-0.3, -0.25) is 4.98 Å². The Bertz CT molecular complexity index is 320. The van der Waals surface area contributed by atoms with Crippen LogP contribution in [0.4, 0.5) is 0 Å². The average molecular weight is 221 g/mol. The molecule has 0 aromatic carbocycles. The van der Waals surface area contributed by atoms with Gasteiger partial charge in [-0.15, -0.1) is 0 Å². The molecular formula is C13H19NO2. The zero-order valence-corrected chi connectivity index (χ0v) is 9.72. The SMILES string of the molecule is CC1(C(O)Cc2ccccn2)CCCCO1. The van der Waals surface area contributed by atoms with Crippen molar-refractivity contribution in [3.63, 3.8) is 0 Å². The molecule has 0 saturated carbocycles. The number of aliphatic hydroxyl groups is 1. The van der Waals surface area contributed by atoms with Crippen LogP contribution in [0.25, 0.3) is 0 Å². The molecule has 2 heterocycles. The van der Waals surface area contributed by atoms with Gasteiger partial charge in [0.15, 0.2) is 0 Å². The van der Waals surface area contributed by atoms with Gasteiger partial charge in [-0.05, 0) is 38.3 Å². The molecule has 88 valence electrons. The first-order valence-electron chi connectivity index (χ1n) is 5.93. The van der Waals surface area contributed by atoms with Gasteiger partial charge in [-0.25, -0.2) is 0 Å². The van der Waals surface area contributed by atoms with Crippen LogP contribution >= 0.6 is 0 Å². The van der Waals surface area contributed by atoms with E-state index in [1.807, 2.05) is 25.1 Å². The molecule has 0 bridgehead atoms. The van der Waals surface area contributed by atoms with E-state index < -0.39 is 11.7 Å². The summed E-state index contributed by atoms with van der Waals surface area (Å²) in [5, 5.41) is 10.2. The topological polar surface area (TPSA) is 42.4 Å². The van der Waals surface area contributed by atoms with Crippen molar-refractivity contribution in [3.8, 4) is 0 Å². The van der Waals surface area contributed by atoms with E-state index >= 15 is 0 Å². The summed E-state index contributed by atoms with van der Waals surface area (Å²) in [7, 11) is 0. The van der Waals surface area contributed by atoms with E-state index in [9.17, 15) is 5.11 Å². The molecular weight excluding hydrogens is 202 g/mol. The molecule has 0 aliphatic carbocycles. The highest BCUT2D eigenvalue weighted by atomic mass is 16.5. The predicted molar refractivity (Wildman–Crippen MR) is 62.2 cm³/mol. The number of hydrogen-bond donors (Lipinski definition) is 1. The van der Waals surface area contributed by atoms with Crippen molar-refractivity contribution < 1.29 is 9.84 Å². The van der Waals surface area contributed by atoms with Crippen molar-refractivity contribution in [3.05, 3.63) is 30.1 Å². The fourth-order valence-electron chi connectivity index (χ4n) is 2.15. The molecule has 2 atom stereocenters. The summed E-state index contributed by atoms with van der Waals surface area (Å²) in [5.74, 6) is 0. The zero-order chi connectivity index (χ0) is 11.4. The van der Waals surface area contributed by atoms with Crippen molar-refractivity contribution in [1.82, 2.24) is 4.98 Å². The lowest BCUT2D eigenvalue weighted by Crippen LogP contribution is -2.45. The fourth-order valence-corrected chi connectivity index (χ4v) is 2.15. The first-order chi connectivity index (χ1) is 7.71.